The molecule has 1 fully saturated rings. The Morgan fingerprint density at radius 3 is 3.19 bits per heavy atom. The van der Waals surface area contributed by atoms with E-state index in [2.05, 4.69) is 22.6 Å². The molecule has 0 bridgehead atoms. The van der Waals surface area contributed by atoms with Crippen LogP contribution in [-0.4, -0.2) is 24.7 Å². The minimum Gasteiger partial charge on any atom is -0.381 e. The van der Waals surface area contributed by atoms with E-state index in [0.29, 0.717) is 6.10 Å². The summed E-state index contributed by atoms with van der Waals surface area (Å²) in [4.78, 5) is 4.50. The van der Waals surface area contributed by atoms with E-state index >= 15 is 0 Å². The Hall–Kier alpha value is -0.450. The van der Waals surface area contributed by atoms with Crippen molar-refractivity contribution in [3.05, 3.63) is 16.6 Å². The van der Waals surface area contributed by atoms with Gasteiger partial charge in [-0.05, 0) is 32.2 Å². The Morgan fingerprint density at radius 1 is 1.69 bits per heavy atom. The number of methoxy groups -OCH3 is 1. The van der Waals surface area contributed by atoms with Crippen molar-refractivity contribution in [1.29, 1.82) is 0 Å². The Balaban J connectivity index is 2.21. The van der Waals surface area contributed by atoms with E-state index in [1.165, 1.54) is 24.3 Å². The lowest BCUT2D eigenvalue weighted by molar-refractivity contribution is 0.0296. The molecule has 2 unspecified atom stereocenters. The van der Waals surface area contributed by atoms with E-state index in [1.807, 2.05) is 13.3 Å². The topological polar surface area (TPSA) is 34.2 Å². The first kappa shape index (κ1) is 12.0. The van der Waals surface area contributed by atoms with Crippen LogP contribution in [0.15, 0.2) is 11.6 Å². The standard InChI is InChI=1S/C12H20N2OS/c1-3-14-12(11-13-7-8-16-11)6-4-5-10(9-12)15-2/h7-8,10,14H,3-6,9H2,1-2H3. The Bertz CT molecular complexity index is 311. The molecule has 0 spiro atoms. The summed E-state index contributed by atoms with van der Waals surface area (Å²) < 4.78 is 5.53. The third-order valence-electron chi connectivity index (χ3n) is 3.40. The molecule has 3 nitrogen and oxygen atoms in total. The van der Waals surface area contributed by atoms with Crippen molar-refractivity contribution in [3.8, 4) is 0 Å². The number of hydrogen-bond donors (Lipinski definition) is 1. The average Bonchev–Trinajstić information content (AvgIpc) is 2.84. The van der Waals surface area contributed by atoms with Gasteiger partial charge >= 0.3 is 0 Å². The average molecular weight is 240 g/mol. The van der Waals surface area contributed by atoms with Crippen molar-refractivity contribution in [2.24, 2.45) is 0 Å². The minimum atomic E-state index is 0.0574. The lowest BCUT2D eigenvalue weighted by Gasteiger charge is -2.39. The highest BCUT2D eigenvalue weighted by Crippen LogP contribution is 2.38. The molecular formula is C12H20N2OS. The summed E-state index contributed by atoms with van der Waals surface area (Å²) in [5, 5.41) is 6.91. The van der Waals surface area contributed by atoms with Gasteiger partial charge in [0, 0.05) is 18.7 Å². The van der Waals surface area contributed by atoms with Crippen LogP contribution in [0.2, 0.25) is 0 Å². The molecule has 0 saturated heterocycles. The Labute approximate surface area is 101 Å². The van der Waals surface area contributed by atoms with Crippen molar-refractivity contribution in [1.82, 2.24) is 10.3 Å². The van der Waals surface area contributed by atoms with Crippen LogP contribution in [0.5, 0.6) is 0 Å². The molecular weight excluding hydrogens is 220 g/mol. The van der Waals surface area contributed by atoms with Crippen LogP contribution >= 0.6 is 11.3 Å². The zero-order chi connectivity index (χ0) is 11.4. The first-order valence-electron chi connectivity index (χ1n) is 5.98. The monoisotopic (exact) mass is 240 g/mol. The van der Waals surface area contributed by atoms with E-state index in [-0.39, 0.29) is 5.54 Å². The van der Waals surface area contributed by atoms with Gasteiger partial charge in [0.2, 0.25) is 0 Å². The smallest absolute Gasteiger partial charge is 0.113 e. The SMILES string of the molecule is CCNC1(c2nccs2)CCCC(OC)C1. The molecule has 1 heterocycles. The lowest BCUT2D eigenvalue weighted by Crippen LogP contribution is -2.47. The summed E-state index contributed by atoms with van der Waals surface area (Å²) in [6, 6.07) is 0. The van der Waals surface area contributed by atoms with Gasteiger partial charge in [0.05, 0.1) is 11.6 Å². The molecule has 1 aromatic rings. The number of aromatic nitrogens is 1. The molecule has 0 amide bonds. The number of nitrogens with one attached hydrogen (secondary N) is 1. The second kappa shape index (κ2) is 5.25. The van der Waals surface area contributed by atoms with Crippen LogP contribution in [0, 0.1) is 0 Å². The van der Waals surface area contributed by atoms with E-state index < -0.39 is 0 Å². The van der Waals surface area contributed by atoms with Crippen molar-refractivity contribution >= 4 is 11.3 Å². The molecule has 90 valence electrons. The number of rotatable bonds is 4. The van der Waals surface area contributed by atoms with Gasteiger partial charge in [-0.2, -0.15) is 0 Å². The fraction of sp³-hybridized carbons (Fsp3) is 0.750. The van der Waals surface area contributed by atoms with Gasteiger partial charge in [0.15, 0.2) is 0 Å². The number of thiazole rings is 1. The second-order valence-corrected chi connectivity index (χ2v) is 5.30. The molecule has 0 radical (unpaired) electrons. The zero-order valence-electron chi connectivity index (χ0n) is 10.0. The maximum absolute atomic E-state index is 5.53. The summed E-state index contributed by atoms with van der Waals surface area (Å²) in [5.41, 5.74) is 0.0574. The highest BCUT2D eigenvalue weighted by Gasteiger charge is 2.39. The summed E-state index contributed by atoms with van der Waals surface area (Å²) in [6.45, 7) is 3.14. The number of hydrogen-bond acceptors (Lipinski definition) is 4. The number of nitrogens with zero attached hydrogens (tertiary/aromatic N) is 1. The van der Waals surface area contributed by atoms with Gasteiger partial charge in [-0.25, -0.2) is 4.98 Å². The minimum absolute atomic E-state index is 0.0574. The predicted molar refractivity (Wildman–Crippen MR) is 66.7 cm³/mol. The van der Waals surface area contributed by atoms with Gasteiger partial charge < -0.3 is 10.1 Å². The molecule has 4 heteroatoms. The number of ether oxygens (including phenoxy) is 1. The maximum Gasteiger partial charge on any atom is 0.113 e. The largest absolute Gasteiger partial charge is 0.381 e. The normalized spacial score (nSPS) is 30.5. The quantitative estimate of drug-likeness (QED) is 0.878. The summed E-state index contributed by atoms with van der Waals surface area (Å²) in [5.74, 6) is 0. The Kier molecular flexibility index (Phi) is 3.95. The van der Waals surface area contributed by atoms with E-state index in [1.54, 1.807) is 11.3 Å². The molecule has 0 aliphatic heterocycles. The van der Waals surface area contributed by atoms with E-state index in [9.17, 15) is 0 Å². The summed E-state index contributed by atoms with van der Waals surface area (Å²) >= 11 is 1.75. The first-order valence-corrected chi connectivity index (χ1v) is 6.86. The molecule has 1 aliphatic rings. The van der Waals surface area contributed by atoms with Crippen molar-refractivity contribution < 1.29 is 4.74 Å². The van der Waals surface area contributed by atoms with Crippen LogP contribution in [0.25, 0.3) is 0 Å². The van der Waals surface area contributed by atoms with E-state index in [4.69, 9.17) is 4.74 Å². The van der Waals surface area contributed by atoms with Crippen molar-refractivity contribution in [3.63, 3.8) is 0 Å². The highest BCUT2D eigenvalue weighted by molar-refractivity contribution is 7.09. The molecule has 16 heavy (non-hydrogen) atoms. The maximum atomic E-state index is 5.53. The van der Waals surface area contributed by atoms with Gasteiger partial charge in [-0.3, -0.25) is 0 Å². The molecule has 1 N–H and O–H groups in total. The molecule has 2 rings (SSSR count). The van der Waals surface area contributed by atoms with Gasteiger partial charge in [-0.1, -0.05) is 6.92 Å². The van der Waals surface area contributed by atoms with Crippen LogP contribution in [0.4, 0.5) is 0 Å². The van der Waals surface area contributed by atoms with Crippen LogP contribution in [0.1, 0.15) is 37.6 Å². The molecule has 0 aromatic carbocycles. The third kappa shape index (κ3) is 2.29. The molecule has 1 aromatic heterocycles. The molecule has 1 aliphatic carbocycles. The van der Waals surface area contributed by atoms with E-state index in [0.717, 1.165) is 13.0 Å². The Morgan fingerprint density at radius 2 is 2.56 bits per heavy atom. The van der Waals surface area contributed by atoms with Crippen LogP contribution in [0.3, 0.4) is 0 Å². The lowest BCUT2D eigenvalue weighted by atomic mass is 9.80. The van der Waals surface area contributed by atoms with Crippen molar-refractivity contribution in [2.45, 2.75) is 44.2 Å². The second-order valence-electron chi connectivity index (χ2n) is 4.40. The van der Waals surface area contributed by atoms with Gasteiger partial charge in [0.25, 0.3) is 0 Å². The third-order valence-corrected chi connectivity index (χ3v) is 4.37. The van der Waals surface area contributed by atoms with Crippen LogP contribution < -0.4 is 5.32 Å². The zero-order valence-corrected chi connectivity index (χ0v) is 10.8. The predicted octanol–water partition coefficient (Wildman–Crippen LogP) is 2.54. The van der Waals surface area contributed by atoms with Crippen LogP contribution in [-0.2, 0) is 10.3 Å². The van der Waals surface area contributed by atoms with Gasteiger partial charge in [0.1, 0.15) is 5.01 Å². The summed E-state index contributed by atoms with van der Waals surface area (Å²) in [6.07, 6.45) is 6.88. The fourth-order valence-electron chi connectivity index (χ4n) is 2.65. The highest BCUT2D eigenvalue weighted by atomic mass is 32.1. The molecule has 2 atom stereocenters. The van der Waals surface area contributed by atoms with Gasteiger partial charge in [-0.15, -0.1) is 11.3 Å². The summed E-state index contributed by atoms with van der Waals surface area (Å²) in [7, 11) is 1.81. The fourth-order valence-corrected chi connectivity index (χ4v) is 3.51. The first-order chi connectivity index (χ1) is 7.80. The molecule has 1 saturated carbocycles. The van der Waals surface area contributed by atoms with Crippen molar-refractivity contribution in [2.75, 3.05) is 13.7 Å².